The smallest absolute Gasteiger partial charge is 0.250 e. The Kier molecular flexibility index (Phi) is 8.07. The molecule has 3 N–H and O–H groups in total. The van der Waals surface area contributed by atoms with Gasteiger partial charge in [0, 0.05) is 5.69 Å². The van der Waals surface area contributed by atoms with Gasteiger partial charge in [0.1, 0.15) is 17.4 Å². The van der Waals surface area contributed by atoms with Crippen LogP contribution in [0.25, 0.3) is 0 Å². The number of hydrogen-bond donors (Lipinski definition) is 3. The molecule has 0 aromatic heterocycles. The summed E-state index contributed by atoms with van der Waals surface area (Å²) in [6.45, 7) is 7.87. The highest BCUT2D eigenvalue weighted by molar-refractivity contribution is 6.33. The van der Waals surface area contributed by atoms with Crippen molar-refractivity contribution in [3.05, 3.63) is 53.6 Å². The quantitative estimate of drug-likeness (QED) is 0.379. The molecule has 220 valence electrons. The Labute approximate surface area is 245 Å². The number of fused-ring (bicyclic) bond motifs is 1. The van der Waals surface area contributed by atoms with E-state index in [0.29, 0.717) is 48.0 Å². The zero-order chi connectivity index (χ0) is 29.5. The van der Waals surface area contributed by atoms with E-state index in [9.17, 15) is 19.5 Å². The maximum Gasteiger partial charge on any atom is 0.250 e. The molecule has 3 aliphatic heterocycles. The Morgan fingerprint density at radius 2 is 1.83 bits per heavy atom. The first-order valence-corrected chi connectivity index (χ1v) is 14.7. The number of anilines is 2. The number of rotatable bonds is 10. The number of nitrogens with one attached hydrogen (secondary N) is 2. The lowest BCUT2D eigenvalue weighted by Gasteiger charge is -2.39. The van der Waals surface area contributed by atoms with Gasteiger partial charge < -0.3 is 30.1 Å². The average molecular weight is 584 g/mol. The fraction of sp³-hybridized carbons (Fsp3) is 0.516. The molecule has 0 saturated carbocycles. The van der Waals surface area contributed by atoms with Crippen molar-refractivity contribution in [1.29, 1.82) is 0 Å². The lowest BCUT2D eigenvalue weighted by molar-refractivity contribution is -0.148. The van der Waals surface area contributed by atoms with Crippen molar-refractivity contribution >= 4 is 40.7 Å². The third-order valence-electron chi connectivity index (χ3n) is 9.16. The minimum atomic E-state index is -1.22. The number of ether oxygens (including phenoxy) is 2. The molecule has 2 aromatic rings. The van der Waals surface area contributed by atoms with E-state index in [1.807, 2.05) is 27.7 Å². The van der Waals surface area contributed by atoms with Gasteiger partial charge in [0.05, 0.1) is 47.4 Å². The minimum Gasteiger partial charge on any atom is -0.494 e. The van der Waals surface area contributed by atoms with Gasteiger partial charge in [0.2, 0.25) is 17.7 Å². The van der Waals surface area contributed by atoms with E-state index in [0.717, 1.165) is 0 Å². The molecule has 3 heterocycles. The van der Waals surface area contributed by atoms with E-state index in [2.05, 4.69) is 10.6 Å². The van der Waals surface area contributed by atoms with Gasteiger partial charge in [-0.3, -0.25) is 14.4 Å². The number of halogens is 1. The van der Waals surface area contributed by atoms with Crippen molar-refractivity contribution in [2.45, 2.75) is 70.2 Å². The molecule has 41 heavy (non-hydrogen) atoms. The number of para-hydroxylation sites is 1. The molecule has 1 spiro atoms. The number of aliphatic hydroxyl groups is 1. The topological polar surface area (TPSA) is 117 Å². The highest BCUT2D eigenvalue weighted by Crippen LogP contribution is 2.63. The summed E-state index contributed by atoms with van der Waals surface area (Å²) in [5.41, 5.74) is -1.17. The number of carbonyl (C=O) groups is 3. The van der Waals surface area contributed by atoms with Crippen LogP contribution < -0.4 is 15.4 Å². The Morgan fingerprint density at radius 3 is 2.46 bits per heavy atom. The van der Waals surface area contributed by atoms with Gasteiger partial charge in [-0.25, -0.2) is 0 Å². The summed E-state index contributed by atoms with van der Waals surface area (Å²) in [6, 6.07) is 12.3. The molecule has 2 unspecified atom stereocenters. The molecule has 0 radical (unpaired) electrons. The number of likely N-dealkylation sites (tertiary alicyclic amines) is 1. The summed E-state index contributed by atoms with van der Waals surface area (Å²) in [6.07, 6.45) is 1.63. The van der Waals surface area contributed by atoms with E-state index in [1.165, 1.54) is 4.90 Å². The number of aliphatic hydroxyl groups excluding tert-OH is 1. The molecule has 5 rings (SSSR count). The predicted molar refractivity (Wildman–Crippen MR) is 156 cm³/mol. The van der Waals surface area contributed by atoms with Crippen LogP contribution in [0.5, 0.6) is 5.75 Å². The summed E-state index contributed by atoms with van der Waals surface area (Å²) in [7, 11) is 0. The molecule has 3 aliphatic rings. The number of carbonyl (C=O) groups excluding carboxylic acids is 3. The van der Waals surface area contributed by atoms with Crippen molar-refractivity contribution in [3.63, 3.8) is 0 Å². The molecule has 3 amide bonds. The first-order valence-electron chi connectivity index (χ1n) is 14.3. The van der Waals surface area contributed by atoms with Gasteiger partial charge in [-0.05, 0) is 69.0 Å². The summed E-state index contributed by atoms with van der Waals surface area (Å²) in [5, 5.41) is 16.7. The van der Waals surface area contributed by atoms with Gasteiger partial charge in [0.25, 0.3) is 0 Å². The molecular formula is C31H38ClN3O6. The second kappa shape index (κ2) is 11.3. The maximum absolute atomic E-state index is 14.4. The van der Waals surface area contributed by atoms with E-state index in [1.54, 1.807) is 48.5 Å². The van der Waals surface area contributed by atoms with Crippen molar-refractivity contribution in [3.8, 4) is 5.75 Å². The van der Waals surface area contributed by atoms with E-state index >= 15 is 0 Å². The van der Waals surface area contributed by atoms with Crippen LogP contribution >= 0.6 is 11.6 Å². The third kappa shape index (κ3) is 4.87. The number of hydrogen-bond acceptors (Lipinski definition) is 6. The Balaban J connectivity index is 1.52. The van der Waals surface area contributed by atoms with Crippen molar-refractivity contribution in [1.82, 2.24) is 4.90 Å². The Bertz CT molecular complexity index is 1320. The monoisotopic (exact) mass is 583 g/mol. The normalized spacial score (nSPS) is 29.7. The summed E-state index contributed by atoms with van der Waals surface area (Å²) >= 11 is 6.35. The van der Waals surface area contributed by atoms with Crippen LogP contribution in [0.15, 0.2) is 48.5 Å². The van der Waals surface area contributed by atoms with Gasteiger partial charge >= 0.3 is 0 Å². The van der Waals surface area contributed by atoms with Crippen molar-refractivity contribution in [2.24, 2.45) is 17.8 Å². The van der Waals surface area contributed by atoms with Crippen LogP contribution in [0, 0.1) is 17.8 Å². The maximum atomic E-state index is 14.4. The SMILES string of the molecule is CCOc1ccc(NC(=O)[C@@H]2[C@H]3C(=O)N([C@@H](CO)[C@@H](C)CC)C(C(=O)Nc4ccccc4Cl)C34CC[C@@]2(C)O4)cc1. The zero-order valence-electron chi connectivity index (χ0n) is 23.9. The van der Waals surface area contributed by atoms with E-state index < -0.39 is 41.0 Å². The van der Waals surface area contributed by atoms with Crippen LogP contribution in [0.2, 0.25) is 5.02 Å². The van der Waals surface area contributed by atoms with Gasteiger partial charge in [-0.1, -0.05) is 44.0 Å². The molecule has 0 aliphatic carbocycles. The third-order valence-corrected chi connectivity index (χ3v) is 9.48. The van der Waals surface area contributed by atoms with Crippen molar-refractivity contribution in [2.75, 3.05) is 23.8 Å². The Hall–Kier alpha value is -3.14. The van der Waals surface area contributed by atoms with Gasteiger partial charge in [-0.15, -0.1) is 0 Å². The van der Waals surface area contributed by atoms with Crippen LogP contribution in [-0.4, -0.2) is 64.2 Å². The molecule has 9 nitrogen and oxygen atoms in total. The molecule has 2 aromatic carbocycles. The van der Waals surface area contributed by atoms with E-state index in [4.69, 9.17) is 21.1 Å². The molecule has 7 atom stereocenters. The minimum absolute atomic E-state index is 0.0984. The average Bonchev–Trinajstić information content (AvgIpc) is 3.52. The Morgan fingerprint density at radius 1 is 1.12 bits per heavy atom. The van der Waals surface area contributed by atoms with Crippen LogP contribution in [0.1, 0.15) is 47.0 Å². The van der Waals surface area contributed by atoms with Gasteiger partial charge in [0.15, 0.2) is 0 Å². The number of amides is 3. The lowest BCUT2D eigenvalue weighted by atomic mass is 9.66. The second-order valence-electron chi connectivity index (χ2n) is 11.5. The zero-order valence-corrected chi connectivity index (χ0v) is 24.6. The largest absolute Gasteiger partial charge is 0.494 e. The highest BCUT2D eigenvalue weighted by Gasteiger charge is 2.78. The molecule has 3 saturated heterocycles. The lowest BCUT2D eigenvalue weighted by Crippen LogP contribution is -2.57. The summed E-state index contributed by atoms with van der Waals surface area (Å²) < 4.78 is 12.2. The van der Waals surface area contributed by atoms with Crippen LogP contribution in [-0.2, 0) is 19.1 Å². The first-order chi connectivity index (χ1) is 19.6. The fourth-order valence-corrected chi connectivity index (χ4v) is 7.20. The van der Waals surface area contributed by atoms with Crippen molar-refractivity contribution < 1.29 is 29.0 Å². The number of benzene rings is 2. The molecule has 2 bridgehead atoms. The van der Waals surface area contributed by atoms with Crippen LogP contribution in [0.3, 0.4) is 0 Å². The number of nitrogens with zero attached hydrogens (tertiary/aromatic N) is 1. The molecule has 10 heteroatoms. The summed E-state index contributed by atoms with van der Waals surface area (Å²) in [4.78, 5) is 43.9. The predicted octanol–water partition coefficient (Wildman–Crippen LogP) is 4.49. The summed E-state index contributed by atoms with van der Waals surface area (Å²) in [5.74, 6) is -2.26. The highest BCUT2D eigenvalue weighted by atomic mass is 35.5. The van der Waals surface area contributed by atoms with Crippen LogP contribution in [0.4, 0.5) is 11.4 Å². The molecular weight excluding hydrogens is 546 g/mol. The first kappa shape index (κ1) is 29.4. The standard InChI is InChI=1S/C31H38ClN3O6/c1-5-18(3)23(17-36)35-26(28(38)34-22-10-8-7-9-21(22)32)31-16-15-30(4,41-31)24(25(31)29(35)39)27(37)33-19-11-13-20(14-12-19)40-6-2/h7-14,18,23-26,36H,5-6,15-17H2,1-4H3,(H,33,37)(H,34,38)/t18-,23-,24-,25-,26?,30+,31?/m0/s1. The fourth-order valence-electron chi connectivity index (χ4n) is 7.02. The van der Waals surface area contributed by atoms with Gasteiger partial charge in [-0.2, -0.15) is 0 Å². The second-order valence-corrected chi connectivity index (χ2v) is 11.9. The van der Waals surface area contributed by atoms with E-state index in [-0.39, 0.29) is 24.3 Å². The molecule has 3 fully saturated rings.